The Balaban J connectivity index is 1.86. The Morgan fingerprint density at radius 2 is 1.00 bits per heavy atom. The molecular weight excluding hydrogens is 346 g/mol. The number of nitrogen functional groups attached to an aromatic ring is 2. The van der Waals surface area contributed by atoms with Crippen molar-refractivity contribution in [1.82, 2.24) is 4.98 Å². The first-order chi connectivity index (χ1) is 13.6. The highest BCUT2D eigenvalue weighted by Gasteiger charge is 2.09. The number of benzene rings is 3. The number of pyridine rings is 1. The molecule has 4 nitrogen and oxygen atoms in total. The molecule has 4 rings (SSSR count). The number of methoxy groups -OCH3 is 1. The van der Waals surface area contributed by atoms with E-state index in [1.807, 2.05) is 72.8 Å². The predicted octanol–water partition coefficient (Wildman–Crippen LogP) is 5.26. The fourth-order valence-corrected chi connectivity index (χ4v) is 3.08. The molecule has 0 saturated heterocycles. The molecule has 1 aromatic heterocycles. The lowest BCUT2D eigenvalue weighted by atomic mass is 9.99. The maximum absolute atomic E-state index is 5.84. The van der Waals surface area contributed by atoms with Gasteiger partial charge in [0.2, 0.25) is 0 Å². The van der Waals surface area contributed by atoms with Crippen LogP contribution >= 0.6 is 0 Å². The molecule has 4 N–H and O–H groups in total. The number of rotatable bonds is 4. The maximum Gasteiger partial charge on any atom is 0.118 e. The van der Waals surface area contributed by atoms with Crippen LogP contribution in [-0.2, 0) is 0 Å². The van der Waals surface area contributed by atoms with Gasteiger partial charge in [-0.1, -0.05) is 36.4 Å². The van der Waals surface area contributed by atoms with Gasteiger partial charge in [0.25, 0.3) is 0 Å². The number of hydrogen-bond donors (Lipinski definition) is 2. The molecule has 0 fully saturated rings. The highest BCUT2D eigenvalue weighted by atomic mass is 16.5. The maximum atomic E-state index is 5.84. The molecule has 0 unspecified atom stereocenters. The first-order valence-electron chi connectivity index (χ1n) is 9.01. The topological polar surface area (TPSA) is 74.2 Å². The van der Waals surface area contributed by atoms with E-state index in [0.29, 0.717) is 0 Å². The van der Waals surface area contributed by atoms with Crippen molar-refractivity contribution in [3.05, 3.63) is 84.9 Å². The van der Waals surface area contributed by atoms with Gasteiger partial charge in [0.05, 0.1) is 18.5 Å². The van der Waals surface area contributed by atoms with E-state index in [-0.39, 0.29) is 0 Å². The van der Waals surface area contributed by atoms with Crippen LogP contribution in [0.15, 0.2) is 84.9 Å². The van der Waals surface area contributed by atoms with E-state index in [2.05, 4.69) is 12.1 Å². The van der Waals surface area contributed by atoms with Gasteiger partial charge in [0.1, 0.15) is 5.75 Å². The van der Waals surface area contributed by atoms with Crippen molar-refractivity contribution in [2.45, 2.75) is 0 Å². The van der Waals surface area contributed by atoms with Crippen LogP contribution in [0.4, 0.5) is 11.4 Å². The summed E-state index contributed by atoms with van der Waals surface area (Å²) in [5.74, 6) is 0.829. The first kappa shape index (κ1) is 17.6. The van der Waals surface area contributed by atoms with Crippen molar-refractivity contribution < 1.29 is 4.74 Å². The van der Waals surface area contributed by atoms with Gasteiger partial charge in [0, 0.05) is 22.5 Å². The Bertz CT molecular complexity index is 1020. The number of ether oxygens (including phenoxy) is 1. The van der Waals surface area contributed by atoms with E-state index in [1.165, 1.54) is 0 Å². The molecule has 0 atom stereocenters. The van der Waals surface area contributed by atoms with E-state index in [1.54, 1.807) is 7.11 Å². The van der Waals surface area contributed by atoms with Crippen LogP contribution in [-0.4, -0.2) is 12.1 Å². The number of nitrogens with two attached hydrogens (primary N) is 2. The fourth-order valence-electron chi connectivity index (χ4n) is 3.08. The highest BCUT2D eigenvalue weighted by molar-refractivity contribution is 5.77. The van der Waals surface area contributed by atoms with E-state index < -0.39 is 0 Å². The van der Waals surface area contributed by atoms with Crippen molar-refractivity contribution in [2.24, 2.45) is 0 Å². The van der Waals surface area contributed by atoms with E-state index in [0.717, 1.165) is 50.8 Å². The summed E-state index contributed by atoms with van der Waals surface area (Å²) in [5.41, 5.74) is 19.1. The Morgan fingerprint density at radius 1 is 0.571 bits per heavy atom. The number of hydrogen-bond acceptors (Lipinski definition) is 4. The van der Waals surface area contributed by atoms with Crippen LogP contribution in [0.1, 0.15) is 0 Å². The SMILES string of the molecule is COc1ccc(-c2cc(-c3ccc(N)cc3)nc(-c3ccc(N)cc3)c2)cc1. The molecular formula is C24H21N3O. The van der Waals surface area contributed by atoms with Gasteiger partial charge in [0.15, 0.2) is 0 Å². The van der Waals surface area contributed by atoms with E-state index >= 15 is 0 Å². The molecule has 0 aliphatic carbocycles. The van der Waals surface area contributed by atoms with Gasteiger partial charge >= 0.3 is 0 Å². The first-order valence-corrected chi connectivity index (χ1v) is 9.01. The molecule has 0 spiro atoms. The second-order valence-corrected chi connectivity index (χ2v) is 6.60. The predicted molar refractivity (Wildman–Crippen MR) is 116 cm³/mol. The normalized spacial score (nSPS) is 10.6. The average molecular weight is 367 g/mol. The monoisotopic (exact) mass is 367 g/mol. The molecule has 0 aliphatic heterocycles. The van der Waals surface area contributed by atoms with Crippen molar-refractivity contribution >= 4 is 11.4 Å². The highest BCUT2D eigenvalue weighted by Crippen LogP contribution is 2.31. The molecule has 0 bridgehead atoms. The molecule has 0 saturated carbocycles. The van der Waals surface area contributed by atoms with E-state index in [4.69, 9.17) is 21.2 Å². The van der Waals surface area contributed by atoms with Crippen LogP contribution in [0.5, 0.6) is 5.75 Å². The Morgan fingerprint density at radius 3 is 1.43 bits per heavy atom. The van der Waals surface area contributed by atoms with Crippen molar-refractivity contribution in [3.63, 3.8) is 0 Å². The van der Waals surface area contributed by atoms with Crippen LogP contribution in [0.2, 0.25) is 0 Å². The Hall–Kier alpha value is -3.79. The van der Waals surface area contributed by atoms with Gasteiger partial charge in [-0.15, -0.1) is 0 Å². The molecule has 0 aliphatic rings. The second-order valence-electron chi connectivity index (χ2n) is 6.60. The lowest BCUT2D eigenvalue weighted by Gasteiger charge is -2.11. The largest absolute Gasteiger partial charge is 0.497 e. The van der Waals surface area contributed by atoms with Crippen LogP contribution in [0.3, 0.4) is 0 Å². The lowest BCUT2D eigenvalue weighted by Crippen LogP contribution is -1.92. The Kier molecular flexibility index (Phi) is 4.68. The zero-order valence-corrected chi connectivity index (χ0v) is 15.6. The standard InChI is InChI=1S/C24H21N3O/c1-28-22-12-6-16(7-13-22)19-14-23(17-2-8-20(25)9-3-17)27-24(15-19)18-4-10-21(26)11-5-18/h2-15H,25-26H2,1H3. The molecule has 4 heteroatoms. The molecule has 4 aromatic rings. The molecule has 138 valence electrons. The summed E-state index contributed by atoms with van der Waals surface area (Å²) < 4.78 is 5.28. The minimum atomic E-state index is 0.730. The summed E-state index contributed by atoms with van der Waals surface area (Å²) in [4.78, 5) is 4.89. The van der Waals surface area contributed by atoms with Crippen molar-refractivity contribution in [2.75, 3.05) is 18.6 Å². The summed E-state index contributed by atoms with van der Waals surface area (Å²) in [6.07, 6.45) is 0. The molecule has 3 aromatic carbocycles. The smallest absolute Gasteiger partial charge is 0.118 e. The summed E-state index contributed by atoms with van der Waals surface area (Å²) in [7, 11) is 1.67. The van der Waals surface area contributed by atoms with Gasteiger partial charge in [-0.25, -0.2) is 4.98 Å². The van der Waals surface area contributed by atoms with Crippen LogP contribution in [0.25, 0.3) is 33.6 Å². The van der Waals surface area contributed by atoms with Crippen LogP contribution < -0.4 is 16.2 Å². The molecule has 0 amide bonds. The van der Waals surface area contributed by atoms with E-state index in [9.17, 15) is 0 Å². The Labute approximate surface area is 164 Å². The van der Waals surface area contributed by atoms with Crippen molar-refractivity contribution in [1.29, 1.82) is 0 Å². The zero-order valence-electron chi connectivity index (χ0n) is 15.6. The molecule has 0 radical (unpaired) electrons. The number of anilines is 2. The minimum absolute atomic E-state index is 0.730. The summed E-state index contributed by atoms with van der Waals surface area (Å²) in [6.45, 7) is 0. The van der Waals surface area contributed by atoms with Crippen molar-refractivity contribution in [3.8, 4) is 39.4 Å². The van der Waals surface area contributed by atoms with Gasteiger partial charge in [-0.3, -0.25) is 0 Å². The molecule has 1 heterocycles. The third-order valence-corrected chi connectivity index (χ3v) is 4.66. The van der Waals surface area contributed by atoms with Gasteiger partial charge < -0.3 is 16.2 Å². The van der Waals surface area contributed by atoms with Gasteiger partial charge in [-0.05, 0) is 59.7 Å². The van der Waals surface area contributed by atoms with Crippen LogP contribution in [0, 0.1) is 0 Å². The number of aromatic nitrogens is 1. The summed E-state index contributed by atoms with van der Waals surface area (Å²) >= 11 is 0. The lowest BCUT2D eigenvalue weighted by molar-refractivity contribution is 0.415. The molecule has 28 heavy (non-hydrogen) atoms. The number of nitrogens with zero attached hydrogens (tertiary/aromatic N) is 1. The van der Waals surface area contributed by atoms with Gasteiger partial charge in [-0.2, -0.15) is 0 Å². The summed E-state index contributed by atoms with van der Waals surface area (Å²) in [6, 6.07) is 27.7. The second kappa shape index (κ2) is 7.45. The minimum Gasteiger partial charge on any atom is -0.497 e. The quantitative estimate of drug-likeness (QED) is 0.483. The summed E-state index contributed by atoms with van der Waals surface area (Å²) in [5, 5.41) is 0. The third-order valence-electron chi connectivity index (χ3n) is 4.66. The zero-order chi connectivity index (χ0) is 19.5. The average Bonchev–Trinajstić information content (AvgIpc) is 2.74. The third kappa shape index (κ3) is 3.67. The fraction of sp³-hybridized carbons (Fsp3) is 0.0417.